The molecule has 1 amide bonds. The van der Waals surface area contributed by atoms with Gasteiger partial charge in [-0.15, -0.1) is 11.3 Å². The Morgan fingerprint density at radius 1 is 1.29 bits per heavy atom. The number of carbonyl (C=O) groups excluding carboxylic acids is 1. The van der Waals surface area contributed by atoms with Crippen molar-refractivity contribution in [2.45, 2.75) is 33.1 Å². The summed E-state index contributed by atoms with van der Waals surface area (Å²) >= 11 is 1.82. The minimum Gasteiger partial charge on any atom is -0.378 e. The number of rotatable bonds is 6. The van der Waals surface area contributed by atoms with Crippen LogP contribution in [-0.4, -0.2) is 74.1 Å². The Morgan fingerprint density at radius 3 is 2.68 bits per heavy atom. The summed E-state index contributed by atoms with van der Waals surface area (Å²) in [5.41, 5.74) is 0. The van der Waals surface area contributed by atoms with Crippen LogP contribution in [0.4, 0.5) is 0 Å². The highest BCUT2D eigenvalue weighted by Crippen LogP contribution is 2.21. The summed E-state index contributed by atoms with van der Waals surface area (Å²) in [5.74, 6) is 1.98. The maximum Gasteiger partial charge on any atom is 0.225 e. The van der Waals surface area contributed by atoms with Crippen LogP contribution in [0.1, 0.15) is 31.6 Å². The van der Waals surface area contributed by atoms with E-state index in [0.29, 0.717) is 25.0 Å². The number of nitrogens with one attached hydrogen (secondary N) is 1. The average molecular weight is 407 g/mol. The molecule has 1 unspecified atom stereocenters. The number of guanidine groups is 1. The smallest absolute Gasteiger partial charge is 0.225 e. The monoisotopic (exact) mass is 406 g/mol. The van der Waals surface area contributed by atoms with Crippen LogP contribution in [0, 0.1) is 11.8 Å². The molecule has 2 saturated heterocycles. The molecule has 2 aliphatic heterocycles. The zero-order valence-corrected chi connectivity index (χ0v) is 18.0. The van der Waals surface area contributed by atoms with E-state index in [1.54, 1.807) is 0 Å². The molecule has 2 fully saturated rings. The molecule has 1 aromatic rings. The number of piperidine rings is 1. The molecular formula is C21H34N4O2S. The number of morpholine rings is 1. The van der Waals surface area contributed by atoms with E-state index >= 15 is 0 Å². The van der Waals surface area contributed by atoms with E-state index in [4.69, 9.17) is 9.73 Å². The second-order valence-electron chi connectivity index (χ2n) is 7.78. The fourth-order valence-electron chi connectivity index (χ4n) is 3.89. The van der Waals surface area contributed by atoms with Crippen LogP contribution in [-0.2, 0) is 16.0 Å². The first-order valence-electron chi connectivity index (χ1n) is 10.6. The fraction of sp³-hybridized carbons (Fsp3) is 0.714. The van der Waals surface area contributed by atoms with E-state index < -0.39 is 0 Å². The van der Waals surface area contributed by atoms with Gasteiger partial charge in [-0.3, -0.25) is 9.79 Å². The Balaban J connectivity index is 1.49. The zero-order valence-electron chi connectivity index (χ0n) is 17.2. The molecule has 28 heavy (non-hydrogen) atoms. The van der Waals surface area contributed by atoms with E-state index in [0.717, 1.165) is 64.5 Å². The Labute approximate surface area is 173 Å². The van der Waals surface area contributed by atoms with Gasteiger partial charge >= 0.3 is 0 Å². The lowest BCUT2D eigenvalue weighted by molar-refractivity contribution is -0.140. The maximum atomic E-state index is 12.7. The van der Waals surface area contributed by atoms with Crippen LogP contribution in [0.15, 0.2) is 22.5 Å². The summed E-state index contributed by atoms with van der Waals surface area (Å²) in [6, 6.07) is 4.31. The Bertz CT molecular complexity index is 620. The first kappa shape index (κ1) is 21.1. The SMILES string of the molecule is CCNC(=NCC(C)Cc1cccs1)N1CCC(C(=O)N2CCOCC2)CC1. The van der Waals surface area contributed by atoms with Gasteiger partial charge in [0.15, 0.2) is 5.96 Å². The van der Waals surface area contributed by atoms with Crippen LogP contribution in [0.2, 0.25) is 0 Å². The summed E-state index contributed by atoms with van der Waals surface area (Å²) in [6.45, 7) is 10.7. The number of hydrogen-bond acceptors (Lipinski definition) is 4. The van der Waals surface area contributed by atoms with Gasteiger partial charge in [0.2, 0.25) is 5.91 Å². The molecule has 0 aromatic carbocycles. The molecular weight excluding hydrogens is 372 g/mol. The minimum absolute atomic E-state index is 0.148. The van der Waals surface area contributed by atoms with Gasteiger partial charge in [-0.2, -0.15) is 0 Å². The molecule has 6 nitrogen and oxygen atoms in total. The number of likely N-dealkylation sites (tertiary alicyclic amines) is 1. The van der Waals surface area contributed by atoms with Crippen molar-refractivity contribution >= 4 is 23.2 Å². The Hall–Kier alpha value is -1.60. The lowest BCUT2D eigenvalue weighted by Gasteiger charge is -2.36. The number of ether oxygens (including phenoxy) is 1. The zero-order chi connectivity index (χ0) is 19.8. The molecule has 156 valence electrons. The van der Waals surface area contributed by atoms with Crippen molar-refractivity contribution in [3.05, 3.63) is 22.4 Å². The largest absolute Gasteiger partial charge is 0.378 e. The standard InChI is InChI=1S/C21H34N4O2S/c1-3-22-21(23-16-17(2)15-19-5-4-14-28-19)25-8-6-18(7-9-25)20(26)24-10-12-27-13-11-24/h4-5,14,17-18H,3,6-13,15-16H2,1-2H3,(H,22,23). The van der Waals surface area contributed by atoms with Gasteiger partial charge in [0, 0.05) is 50.1 Å². The summed E-state index contributed by atoms with van der Waals surface area (Å²) in [5, 5.41) is 5.58. The van der Waals surface area contributed by atoms with Gasteiger partial charge in [-0.1, -0.05) is 13.0 Å². The Morgan fingerprint density at radius 2 is 2.04 bits per heavy atom. The molecule has 0 spiro atoms. The van der Waals surface area contributed by atoms with Gasteiger partial charge in [0.25, 0.3) is 0 Å². The van der Waals surface area contributed by atoms with Crippen molar-refractivity contribution in [2.75, 3.05) is 52.5 Å². The van der Waals surface area contributed by atoms with E-state index in [-0.39, 0.29) is 5.92 Å². The average Bonchev–Trinajstić information content (AvgIpc) is 3.24. The minimum atomic E-state index is 0.148. The first-order chi connectivity index (χ1) is 13.7. The molecule has 0 aliphatic carbocycles. The van der Waals surface area contributed by atoms with Crippen molar-refractivity contribution in [3.8, 4) is 0 Å². The van der Waals surface area contributed by atoms with Crippen molar-refractivity contribution in [2.24, 2.45) is 16.8 Å². The third-order valence-electron chi connectivity index (χ3n) is 5.48. The third kappa shape index (κ3) is 5.95. The molecule has 0 radical (unpaired) electrons. The van der Waals surface area contributed by atoms with Crippen LogP contribution < -0.4 is 5.32 Å². The van der Waals surface area contributed by atoms with Crippen molar-refractivity contribution < 1.29 is 9.53 Å². The van der Waals surface area contributed by atoms with Crippen LogP contribution in [0.5, 0.6) is 0 Å². The molecule has 3 heterocycles. The van der Waals surface area contributed by atoms with Crippen LogP contribution >= 0.6 is 11.3 Å². The molecule has 1 atom stereocenters. The van der Waals surface area contributed by atoms with Gasteiger partial charge in [-0.05, 0) is 43.6 Å². The van der Waals surface area contributed by atoms with Crippen LogP contribution in [0.25, 0.3) is 0 Å². The topological polar surface area (TPSA) is 57.2 Å². The normalized spacial score (nSPS) is 20.3. The molecule has 2 aliphatic rings. The molecule has 1 N–H and O–H groups in total. The number of hydrogen-bond donors (Lipinski definition) is 1. The summed E-state index contributed by atoms with van der Waals surface area (Å²) in [6.07, 6.45) is 2.90. The van der Waals surface area contributed by atoms with Crippen molar-refractivity contribution in [1.82, 2.24) is 15.1 Å². The number of aliphatic imine (C=N–C) groups is 1. The third-order valence-corrected chi connectivity index (χ3v) is 6.38. The molecule has 7 heteroatoms. The summed E-state index contributed by atoms with van der Waals surface area (Å²) in [7, 11) is 0. The van der Waals surface area contributed by atoms with Gasteiger partial charge < -0.3 is 19.9 Å². The quantitative estimate of drug-likeness (QED) is 0.582. The second-order valence-corrected chi connectivity index (χ2v) is 8.81. The highest BCUT2D eigenvalue weighted by atomic mass is 32.1. The summed E-state index contributed by atoms with van der Waals surface area (Å²) in [4.78, 5) is 23.4. The van der Waals surface area contributed by atoms with Crippen molar-refractivity contribution in [3.63, 3.8) is 0 Å². The molecule has 0 bridgehead atoms. The van der Waals surface area contributed by atoms with E-state index in [9.17, 15) is 4.79 Å². The number of nitrogens with zero attached hydrogens (tertiary/aromatic N) is 3. The van der Waals surface area contributed by atoms with E-state index in [2.05, 4.69) is 41.6 Å². The van der Waals surface area contributed by atoms with Gasteiger partial charge in [0.1, 0.15) is 0 Å². The maximum absolute atomic E-state index is 12.7. The number of thiophene rings is 1. The van der Waals surface area contributed by atoms with E-state index in [1.165, 1.54) is 4.88 Å². The lowest BCUT2D eigenvalue weighted by Crippen LogP contribution is -2.50. The van der Waals surface area contributed by atoms with Gasteiger partial charge in [0.05, 0.1) is 13.2 Å². The predicted octanol–water partition coefficient (Wildman–Crippen LogP) is 2.46. The molecule has 1 aromatic heterocycles. The first-order valence-corrected chi connectivity index (χ1v) is 11.5. The number of amides is 1. The Kier molecular flexibility index (Phi) is 8.15. The predicted molar refractivity (Wildman–Crippen MR) is 115 cm³/mol. The number of carbonyl (C=O) groups is 1. The van der Waals surface area contributed by atoms with E-state index in [1.807, 2.05) is 16.2 Å². The van der Waals surface area contributed by atoms with Gasteiger partial charge in [-0.25, -0.2) is 0 Å². The lowest BCUT2D eigenvalue weighted by atomic mass is 9.95. The molecule has 3 rings (SSSR count). The van der Waals surface area contributed by atoms with Crippen LogP contribution in [0.3, 0.4) is 0 Å². The van der Waals surface area contributed by atoms with Crippen molar-refractivity contribution in [1.29, 1.82) is 0 Å². The molecule has 0 saturated carbocycles. The highest BCUT2D eigenvalue weighted by Gasteiger charge is 2.30. The summed E-state index contributed by atoms with van der Waals surface area (Å²) < 4.78 is 5.37. The second kappa shape index (κ2) is 10.8. The highest BCUT2D eigenvalue weighted by molar-refractivity contribution is 7.09. The fourth-order valence-corrected chi connectivity index (χ4v) is 4.75.